The van der Waals surface area contributed by atoms with Gasteiger partial charge in [0.15, 0.2) is 0 Å². The number of rotatable bonds is 2. The van der Waals surface area contributed by atoms with Gasteiger partial charge >= 0.3 is 12.4 Å². The molecule has 3 rings (SSSR count). The third kappa shape index (κ3) is 3.47. The molecule has 1 aliphatic rings. The minimum Gasteiger partial charge on any atom is -0.368 e. The fourth-order valence-corrected chi connectivity index (χ4v) is 2.10. The standard InChI is InChI=1S/C15H9F6NO/c16-14(17,18)10-3-1-8(2-4-10)11-5-9(12-7-23-12)6-13(22-11)15(19,20)21/h1-6,12H,7H2. The summed E-state index contributed by atoms with van der Waals surface area (Å²) in [7, 11) is 0. The van der Waals surface area contributed by atoms with Gasteiger partial charge in [-0.25, -0.2) is 4.98 Å². The lowest BCUT2D eigenvalue weighted by atomic mass is 10.0. The molecule has 0 saturated carbocycles. The molecule has 2 heterocycles. The first kappa shape index (κ1) is 15.8. The van der Waals surface area contributed by atoms with Crippen molar-refractivity contribution in [1.29, 1.82) is 0 Å². The van der Waals surface area contributed by atoms with Gasteiger partial charge in [0.05, 0.1) is 17.9 Å². The zero-order chi connectivity index (χ0) is 16.8. The van der Waals surface area contributed by atoms with Crippen LogP contribution in [0.25, 0.3) is 11.3 Å². The van der Waals surface area contributed by atoms with Crippen molar-refractivity contribution >= 4 is 0 Å². The van der Waals surface area contributed by atoms with Crippen LogP contribution in [0.3, 0.4) is 0 Å². The van der Waals surface area contributed by atoms with Crippen LogP contribution in [-0.2, 0) is 17.1 Å². The molecule has 122 valence electrons. The van der Waals surface area contributed by atoms with E-state index in [1.807, 2.05) is 0 Å². The third-order valence-electron chi connectivity index (χ3n) is 3.35. The summed E-state index contributed by atoms with van der Waals surface area (Å²) in [6, 6.07) is 6.11. The average molecular weight is 333 g/mol. The van der Waals surface area contributed by atoms with Crippen LogP contribution in [0, 0.1) is 0 Å². The van der Waals surface area contributed by atoms with Crippen LogP contribution >= 0.6 is 0 Å². The first-order valence-electron chi connectivity index (χ1n) is 6.53. The summed E-state index contributed by atoms with van der Waals surface area (Å²) in [5.74, 6) is 0. The molecule has 0 spiro atoms. The zero-order valence-electron chi connectivity index (χ0n) is 11.4. The number of nitrogens with zero attached hydrogens (tertiary/aromatic N) is 1. The molecule has 8 heteroatoms. The molecular formula is C15H9F6NO. The number of aromatic nitrogens is 1. The Labute approximate surface area is 126 Å². The maximum atomic E-state index is 12.9. The molecule has 1 aromatic carbocycles. The Morgan fingerprint density at radius 2 is 1.52 bits per heavy atom. The van der Waals surface area contributed by atoms with Crippen molar-refractivity contribution < 1.29 is 31.1 Å². The van der Waals surface area contributed by atoms with Gasteiger partial charge in [-0.2, -0.15) is 26.3 Å². The van der Waals surface area contributed by atoms with Gasteiger partial charge in [-0.3, -0.25) is 0 Å². The smallest absolute Gasteiger partial charge is 0.368 e. The predicted molar refractivity (Wildman–Crippen MR) is 68.4 cm³/mol. The fraction of sp³-hybridized carbons (Fsp3) is 0.267. The summed E-state index contributed by atoms with van der Waals surface area (Å²) >= 11 is 0. The molecule has 23 heavy (non-hydrogen) atoms. The van der Waals surface area contributed by atoms with Gasteiger partial charge < -0.3 is 4.74 Å². The number of alkyl halides is 6. The SMILES string of the molecule is FC(F)(F)c1ccc(-c2cc(C3CO3)cc(C(F)(F)F)n2)cc1. The van der Waals surface area contributed by atoms with Crippen LogP contribution < -0.4 is 0 Å². The van der Waals surface area contributed by atoms with E-state index in [4.69, 9.17) is 4.74 Å². The number of pyridine rings is 1. The fourth-order valence-electron chi connectivity index (χ4n) is 2.10. The van der Waals surface area contributed by atoms with E-state index in [9.17, 15) is 26.3 Å². The van der Waals surface area contributed by atoms with E-state index in [2.05, 4.69) is 4.98 Å². The largest absolute Gasteiger partial charge is 0.433 e. The van der Waals surface area contributed by atoms with E-state index in [-0.39, 0.29) is 11.3 Å². The Hall–Kier alpha value is -2.09. The van der Waals surface area contributed by atoms with Crippen molar-refractivity contribution in [1.82, 2.24) is 4.98 Å². The summed E-state index contributed by atoms with van der Waals surface area (Å²) in [5.41, 5.74) is -1.54. The molecule has 0 bridgehead atoms. The topological polar surface area (TPSA) is 25.4 Å². The highest BCUT2D eigenvalue weighted by atomic mass is 19.4. The Morgan fingerprint density at radius 3 is 2.00 bits per heavy atom. The lowest BCUT2D eigenvalue weighted by Gasteiger charge is -2.11. The maximum Gasteiger partial charge on any atom is 0.433 e. The van der Waals surface area contributed by atoms with Gasteiger partial charge in [0.2, 0.25) is 0 Å². The molecule has 1 saturated heterocycles. The molecule has 0 radical (unpaired) electrons. The number of hydrogen-bond acceptors (Lipinski definition) is 2. The summed E-state index contributed by atoms with van der Waals surface area (Å²) in [4.78, 5) is 3.52. The summed E-state index contributed by atoms with van der Waals surface area (Å²) < 4.78 is 81.3. The summed E-state index contributed by atoms with van der Waals surface area (Å²) in [6.07, 6.45) is -9.58. The van der Waals surface area contributed by atoms with Gasteiger partial charge in [-0.1, -0.05) is 12.1 Å². The Morgan fingerprint density at radius 1 is 0.913 bits per heavy atom. The number of halogens is 6. The monoisotopic (exact) mass is 333 g/mol. The van der Waals surface area contributed by atoms with E-state index in [1.165, 1.54) is 6.07 Å². The number of epoxide rings is 1. The Balaban J connectivity index is 2.03. The van der Waals surface area contributed by atoms with Crippen molar-refractivity contribution in [2.24, 2.45) is 0 Å². The normalized spacial score (nSPS) is 18.1. The van der Waals surface area contributed by atoms with Crippen LogP contribution in [0.15, 0.2) is 36.4 Å². The van der Waals surface area contributed by atoms with Crippen molar-refractivity contribution in [2.45, 2.75) is 18.5 Å². The van der Waals surface area contributed by atoms with Crippen LogP contribution in [-0.4, -0.2) is 11.6 Å². The molecule has 1 aliphatic heterocycles. The molecule has 0 N–H and O–H groups in total. The lowest BCUT2D eigenvalue weighted by molar-refractivity contribution is -0.141. The highest BCUT2D eigenvalue weighted by Crippen LogP contribution is 2.37. The first-order valence-corrected chi connectivity index (χ1v) is 6.53. The van der Waals surface area contributed by atoms with Gasteiger partial charge in [-0.05, 0) is 29.8 Å². The molecule has 0 aliphatic carbocycles. The minimum absolute atomic E-state index is 0.0425. The van der Waals surface area contributed by atoms with Gasteiger partial charge in [-0.15, -0.1) is 0 Å². The minimum atomic E-state index is -4.65. The van der Waals surface area contributed by atoms with Crippen molar-refractivity contribution in [3.05, 3.63) is 53.2 Å². The van der Waals surface area contributed by atoms with E-state index < -0.39 is 29.7 Å². The molecule has 0 amide bonds. The molecule has 1 atom stereocenters. The second-order valence-electron chi connectivity index (χ2n) is 5.07. The first-order chi connectivity index (χ1) is 10.6. The van der Waals surface area contributed by atoms with Crippen molar-refractivity contribution in [3.8, 4) is 11.3 Å². The Kier molecular flexibility index (Phi) is 3.59. The number of benzene rings is 1. The van der Waals surface area contributed by atoms with Crippen molar-refractivity contribution in [2.75, 3.05) is 6.61 Å². The predicted octanol–water partition coefficient (Wildman–Crippen LogP) is 4.86. The maximum absolute atomic E-state index is 12.9. The van der Waals surface area contributed by atoms with Crippen LogP contribution in [0.4, 0.5) is 26.3 Å². The molecular weight excluding hydrogens is 324 g/mol. The van der Waals surface area contributed by atoms with E-state index in [1.54, 1.807) is 0 Å². The van der Waals surface area contributed by atoms with Gasteiger partial charge in [0, 0.05) is 5.56 Å². The number of hydrogen-bond donors (Lipinski definition) is 0. The second-order valence-corrected chi connectivity index (χ2v) is 5.07. The van der Waals surface area contributed by atoms with Crippen LogP contribution in [0.2, 0.25) is 0 Å². The molecule has 2 nitrogen and oxygen atoms in total. The molecule has 1 fully saturated rings. The average Bonchev–Trinajstić information content (AvgIpc) is 3.30. The van der Waals surface area contributed by atoms with E-state index >= 15 is 0 Å². The van der Waals surface area contributed by atoms with Gasteiger partial charge in [0.25, 0.3) is 0 Å². The molecule has 2 aromatic rings. The number of ether oxygens (including phenoxy) is 1. The van der Waals surface area contributed by atoms with Gasteiger partial charge in [0.1, 0.15) is 11.8 Å². The summed E-state index contributed by atoms with van der Waals surface area (Å²) in [6.45, 7) is 0.313. The van der Waals surface area contributed by atoms with Crippen LogP contribution in [0.1, 0.15) is 22.9 Å². The summed E-state index contributed by atoms with van der Waals surface area (Å²) in [5, 5.41) is 0. The Bertz CT molecular complexity index is 716. The highest BCUT2D eigenvalue weighted by Gasteiger charge is 2.36. The van der Waals surface area contributed by atoms with E-state index in [0.717, 1.165) is 30.3 Å². The van der Waals surface area contributed by atoms with E-state index in [0.29, 0.717) is 12.2 Å². The molecule has 1 unspecified atom stereocenters. The van der Waals surface area contributed by atoms with Crippen LogP contribution in [0.5, 0.6) is 0 Å². The quantitative estimate of drug-likeness (QED) is 0.579. The third-order valence-corrected chi connectivity index (χ3v) is 3.35. The van der Waals surface area contributed by atoms with Crippen molar-refractivity contribution in [3.63, 3.8) is 0 Å². The second kappa shape index (κ2) is 5.23. The zero-order valence-corrected chi connectivity index (χ0v) is 11.4. The molecule has 1 aromatic heterocycles. The lowest BCUT2D eigenvalue weighted by Crippen LogP contribution is -2.09. The highest BCUT2D eigenvalue weighted by molar-refractivity contribution is 5.61.